The highest BCUT2D eigenvalue weighted by atomic mass is 16.3. The Morgan fingerprint density at radius 3 is 1.95 bits per heavy atom. The molecule has 1 nitrogen and oxygen atoms in total. The largest absolute Gasteiger partial charge is 0.507 e. The maximum absolute atomic E-state index is 11.0. The molecule has 4 bridgehead atoms. The fraction of sp³-hybridized carbons (Fsp3) is 0.700. The molecular formula is C20H28O. The quantitative estimate of drug-likeness (QED) is 0.755. The standard InChI is InChI=1S/C20H28O/c1-19(2,3)16-5-4-6-17(18(16)21)20-10-13-7-14(11-20)9-15(8-13)12-20/h4-6,13-15,21H,7-12H2,1-3H3. The summed E-state index contributed by atoms with van der Waals surface area (Å²) < 4.78 is 0. The van der Waals surface area contributed by atoms with E-state index in [4.69, 9.17) is 0 Å². The molecule has 0 unspecified atom stereocenters. The molecule has 4 saturated carbocycles. The molecular weight excluding hydrogens is 256 g/mol. The predicted octanol–water partition coefficient (Wildman–Crippen LogP) is 5.16. The number of benzene rings is 1. The van der Waals surface area contributed by atoms with Gasteiger partial charge in [-0.05, 0) is 72.7 Å². The number of rotatable bonds is 1. The maximum atomic E-state index is 11.0. The van der Waals surface area contributed by atoms with Gasteiger partial charge in [-0.3, -0.25) is 0 Å². The topological polar surface area (TPSA) is 20.2 Å². The third-order valence-electron chi connectivity index (χ3n) is 6.45. The summed E-state index contributed by atoms with van der Waals surface area (Å²) in [7, 11) is 0. The van der Waals surface area contributed by atoms with Gasteiger partial charge in [0.1, 0.15) is 5.75 Å². The van der Waals surface area contributed by atoms with Gasteiger partial charge in [0.15, 0.2) is 0 Å². The Balaban J connectivity index is 1.80. The maximum Gasteiger partial charge on any atom is 0.123 e. The van der Waals surface area contributed by atoms with E-state index in [1.807, 2.05) is 0 Å². The average molecular weight is 284 g/mol. The van der Waals surface area contributed by atoms with E-state index in [1.165, 1.54) is 44.1 Å². The smallest absolute Gasteiger partial charge is 0.123 e. The lowest BCUT2D eigenvalue weighted by molar-refractivity contribution is -0.00622. The molecule has 0 spiro atoms. The van der Waals surface area contributed by atoms with E-state index >= 15 is 0 Å². The fourth-order valence-electron chi connectivity index (χ4n) is 6.02. The minimum Gasteiger partial charge on any atom is -0.507 e. The molecule has 0 aromatic heterocycles. The highest BCUT2D eigenvalue weighted by Gasteiger charge is 2.52. The molecule has 0 radical (unpaired) electrons. The summed E-state index contributed by atoms with van der Waals surface area (Å²) in [5.74, 6) is 3.38. The van der Waals surface area contributed by atoms with Crippen molar-refractivity contribution in [3.8, 4) is 5.75 Å². The van der Waals surface area contributed by atoms with Crippen molar-refractivity contribution in [3.63, 3.8) is 0 Å². The number of para-hydroxylation sites is 1. The fourth-order valence-corrected chi connectivity index (χ4v) is 6.02. The molecule has 1 N–H and O–H groups in total. The van der Waals surface area contributed by atoms with Crippen LogP contribution in [0.4, 0.5) is 0 Å². The molecule has 0 atom stereocenters. The van der Waals surface area contributed by atoms with E-state index in [-0.39, 0.29) is 5.41 Å². The predicted molar refractivity (Wildman–Crippen MR) is 86.7 cm³/mol. The van der Waals surface area contributed by atoms with E-state index in [1.54, 1.807) is 0 Å². The Hall–Kier alpha value is -0.980. The molecule has 4 aliphatic carbocycles. The molecule has 1 heteroatoms. The van der Waals surface area contributed by atoms with Crippen LogP contribution in [-0.2, 0) is 10.8 Å². The molecule has 1 aromatic carbocycles. The van der Waals surface area contributed by atoms with Crippen LogP contribution in [-0.4, -0.2) is 5.11 Å². The Bertz CT molecular complexity index is 528. The van der Waals surface area contributed by atoms with Crippen LogP contribution in [0.5, 0.6) is 5.75 Å². The van der Waals surface area contributed by atoms with Crippen molar-refractivity contribution in [2.24, 2.45) is 17.8 Å². The highest BCUT2D eigenvalue weighted by Crippen LogP contribution is 2.62. The summed E-state index contributed by atoms with van der Waals surface area (Å²) in [6.07, 6.45) is 8.33. The summed E-state index contributed by atoms with van der Waals surface area (Å²) in [4.78, 5) is 0. The Morgan fingerprint density at radius 1 is 0.952 bits per heavy atom. The lowest BCUT2D eigenvalue weighted by Crippen LogP contribution is -2.48. The molecule has 114 valence electrons. The second kappa shape index (κ2) is 4.27. The van der Waals surface area contributed by atoms with Gasteiger partial charge in [-0.15, -0.1) is 0 Å². The Morgan fingerprint density at radius 2 is 1.48 bits per heavy atom. The SMILES string of the molecule is CC(C)(C)c1cccc(C23CC4CC(CC(C4)C2)C3)c1O. The molecule has 0 amide bonds. The first-order chi connectivity index (χ1) is 9.87. The van der Waals surface area contributed by atoms with Gasteiger partial charge in [0, 0.05) is 5.56 Å². The highest BCUT2D eigenvalue weighted by molar-refractivity contribution is 5.48. The monoisotopic (exact) mass is 284 g/mol. The first-order valence-electron chi connectivity index (χ1n) is 8.70. The van der Waals surface area contributed by atoms with Crippen molar-refractivity contribution in [3.05, 3.63) is 29.3 Å². The van der Waals surface area contributed by atoms with Crippen LogP contribution < -0.4 is 0 Å². The van der Waals surface area contributed by atoms with Gasteiger partial charge in [0.05, 0.1) is 0 Å². The summed E-state index contributed by atoms with van der Waals surface area (Å²) in [5, 5.41) is 11.0. The molecule has 0 saturated heterocycles. The number of phenolic OH excluding ortho intramolecular Hbond substituents is 1. The zero-order valence-corrected chi connectivity index (χ0v) is 13.7. The summed E-state index contributed by atoms with van der Waals surface area (Å²) in [5.41, 5.74) is 2.70. The normalized spacial score (nSPS) is 38.0. The molecule has 5 rings (SSSR count). The summed E-state index contributed by atoms with van der Waals surface area (Å²) in [6, 6.07) is 6.51. The van der Waals surface area contributed by atoms with Crippen molar-refractivity contribution in [1.29, 1.82) is 0 Å². The number of aromatic hydroxyl groups is 1. The van der Waals surface area contributed by atoms with E-state index < -0.39 is 0 Å². The lowest BCUT2D eigenvalue weighted by Gasteiger charge is -2.57. The number of hydrogen-bond acceptors (Lipinski definition) is 1. The van der Waals surface area contributed by atoms with Gasteiger partial charge in [0.2, 0.25) is 0 Å². The van der Waals surface area contributed by atoms with Gasteiger partial charge in [0.25, 0.3) is 0 Å². The summed E-state index contributed by atoms with van der Waals surface area (Å²) in [6.45, 7) is 6.60. The third-order valence-corrected chi connectivity index (χ3v) is 6.45. The van der Waals surface area contributed by atoms with E-state index in [2.05, 4.69) is 39.0 Å². The zero-order valence-electron chi connectivity index (χ0n) is 13.7. The molecule has 0 aliphatic heterocycles. The van der Waals surface area contributed by atoms with Gasteiger partial charge < -0.3 is 5.11 Å². The van der Waals surface area contributed by atoms with E-state index in [0.29, 0.717) is 11.2 Å². The minimum atomic E-state index is 0.0163. The second-order valence-corrected chi connectivity index (χ2v) is 9.15. The molecule has 21 heavy (non-hydrogen) atoms. The van der Waals surface area contributed by atoms with Gasteiger partial charge >= 0.3 is 0 Å². The van der Waals surface area contributed by atoms with Crippen LogP contribution in [0.15, 0.2) is 18.2 Å². The van der Waals surface area contributed by atoms with Gasteiger partial charge in [-0.25, -0.2) is 0 Å². The van der Waals surface area contributed by atoms with Crippen LogP contribution in [0, 0.1) is 17.8 Å². The third kappa shape index (κ3) is 2.04. The summed E-state index contributed by atoms with van der Waals surface area (Å²) >= 11 is 0. The van der Waals surface area contributed by atoms with Crippen LogP contribution in [0.2, 0.25) is 0 Å². The second-order valence-electron chi connectivity index (χ2n) is 9.15. The number of phenols is 1. The van der Waals surface area contributed by atoms with Crippen LogP contribution in [0.1, 0.15) is 70.4 Å². The van der Waals surface area contributed by atoms with Gasteiger partial charge in [-0.2, -0.15) is 0 Å². The van der Waals surface area contributed by atoms with Gasteiger partial charge in [-0.1, -0.05) is 39.0 Å². The first kappa shape index (κ1) is 13.7. The number of hydrogen-bond donors (Lipinski definition) is 1. The first-order valence-corrected chi connectivity index (χ1v) is 8.70. The van der Waals surface area contributed by atoms with Crippen molar-refractivity contribution >= 4 is 0 Å². The Labute approximate surface area is 128 Å². The van der Waals surface area contributed by atoms with E-state index in [0.717, 1.165) is 23.3 Å². The molecule has 1 aromatic rings. The van der Waals surface area contributed by atoms with Crippen LogP contribution in [0.3, 0.4) is 0 Å². The van der Waals surface area contributed by atoms with Crippen LogP contribution in [0.25, 0.3) is 0 Å². The van der Waals surface area contributed by atoms with Crippen LogP contribution >= 0.6 is 0 Å². The molecule has 4 aliphatic rings. The van der Waals surface area contributed by atoms with Crippen molar-refractivity contribution in [2.45, 2.75) is 70.1 Å². The lowest BCUT2D eigenvalue weighted by atomic mass is 9.48. The van der Waals surface area contributed by atoms with Crippen molar-refractivity contribution in [2.75, 3.05) is 0 Å². The van der Waals surface area contributed by atoms with Crippen molar-refractivity contribution < 1.29 is 5.11 Å². The molecule has 4 fully saturated rings. The minimum absolute atomic E-state index is 0.0163. The molecule has 0 heterocycles. The zero-order chi connectivity index (χ0) is 14.8. The Kier molecular flexibility index (Phi) is 2.78. The van der Waals surface area contributed by atoms with Crippen molar-refractivity contribution in [1.82, 2.24) is 0 Å². The average Bonchev–Trinajstić information content (AvgIpc) is 2.35. The van der Waals surface area contributed by atoms with E-state index in [9.17, 15) is 5.11 Å².